The Hall–Kier alpha value is -3.02. The van der Waals surface area contributed by atoms with Crippen LogP contribution in [0.2, 0.25) is 0 Å². The fourth-order valence-corrected chi connectivity index (χ4v) is 6.26. The Balaban J connectivity index is 0.000000128. The van der Waals surface area contributed by atoms with Crippen LogP contribution in [0, 0.1) is 11.3 Å². The molecule has 7 heteroatoms. The van der Waals surface area contributed by atoms with Gasteiger partial charge in [-0.05, 0) is 111 Å². The van der Waals surface area contributed by atoms with Crippen LogP contribution in [0.4, 0.5) is 0 Å². The fraction of sp³-hybridized carbons (Fsp3) is 0.103. The minimum Gasteiger partial charge on any atom is -0.481 e. The highest BCUT2D eigenvalue weighted by molar-refractivity contribution is 9.10. The lowest BCUT2D eigenvalue weighted by Gasteiger charge is -2.01. The van der Waals surface area contributed by atoms with Gasteiger partial charge >= 0.3 is 5.97 Å². The van der Waals surface area contributed by atoms with Crippen molar-refractivity contribution in [2.24, 2.45) is 0 Å². The molecule has 36 heavy (non-hydrogen) atoms. The number of thiophene rings is 3. The Bertz CT molecular complexity index is 1660. The van der Waals surface area contributed by atoms with Gasteiger partial charge in [0.15, 0.2) is 0 Å². The second kappa shape index (κ2) is 12.3. The van der Waals surface area contributed by atoms with E-state index in [4.69, 9.17) is 10.4 Å². The summed E-state index contributed by atoms with van der Waals surface area (Å²) in [7, 11) is 0. The Labute approximate surface area is 230 Å². The lowest BCUT2D eigenvalue weighted by molar-refractivity contribution is -0.136. The van der Waals surface area contributed by atoms with Crippen LogP contribution in [-0.4, -0.2) is 11.1 Å². The van der Waals surface area contributed by atoms with Gasteiger partial charge in [-0.1, -0.05) is 28.1 Å². The van der Waals surface area contributed by atoms with E-state index in [0.717, 1.165) is 21.0 Å². The number of nitriles is 1. The van der Waals surface area contributed by atoms with Gasteiger partial charge < -0.3 is 5.11 Å². The van der Waals surface area contributed by atoms with E-state index in [1.807, 2.05) is 42.6 Å². The van der Waals surface area contributed by atoms with Crippen molar-refractivity contribution in [2.45, 2.75) is 19.3 Å². The zero-order valence-corrected chi connectivity index (χ0v) is 23.4. The molecule has 0 radical (unpaired) electrons. The molecule has 3 aromatic heterocycles. The van der Waals surface area contributed by atoms with Crippen LogP contribution in [0.5, 0.6) is 0 Å². The van der Waals surface area contributed by atoms with E-state index in [2.05, 4.69) is 75.2 Å². The second-order valence-electron chi connectivity index (χ2n) is 8.03. The van der Waals surface area contributed by atoms with Crippen molar-refractivity contribution in [1.29, 1.82) is 5.26 Å². The maximum absolute atomic E-state index is 10.4. The number of hydrogen-bond donors (Lipinski definition) is 1. The Morgan fingerprint density at radius 1 is 0.833 bits per heavy atom. The van der Waals surface area contributed by atoms with E-state index >= 15 is 0 Å². The van der Waals surface area contributed by atoms with Crippen LogP contribution in [0.3, 0.4) is 0 Å². The number of hydrogen-bond acceptors (Lipinski definition) is 5. The highest BCUT2D eigenvalue weighted by Gasteiger charge is 2.04. The lowest BCUT2D eigenvalue weighted by Crippen LogP contribution is -1.99. The van der Waals surface area contributed by atoms with E-state index < -0.39 is 5.97 Å². The van der Waals surface area contributed by atoms with Gasteiger partial charge in [0.1, 0.15) is 0 Å². The van der Waals surface area contributed by atoms with Crippen LogP contribution in [0.25, 0.3) is 30.3 Å². The molecule has 0 amide bonds. The predicted octanol–water partition coefficient (Wildman–Crippen LogP) is 9.72. The predicted molar refractivity (Wildman–Crippen MR) is 159 cm³/mol. The average Bonchev–Trinajstić information content (AvgIpc) is 3.63. The van der Waals surface area contributed by atoms with Crippen molar-refractivity contribution < 1.29 is 9.90 Å². The summed E-state index contributed by atoms with van der Waals surface area (Å²) in [5.41, 5.74) is 1.96. The van der Waals surface area contributed by atoms with Gasteiger partial charge in [-0.3, -0.25) is 4.79 Å². The number of benzene rings is 3. The molecule has 1 unspecified atom stereocenters. The molecule has 0 aliphatic rings. The van der Waals surface area contributed by atoms with Crippen molar-refractivity contribution in [3.8, 4) is 6.07 Å². The van der Waals surface area contributed by atoms with E-state index in [1.165, 1.54) is 24.9 Å². The smallest absolute Gasteiger partial charge is 0.307 e. The largest absolute Gasteiger partial charge is 0.481 e. The van der Waals surface area contributed by atoms with E-state index in [-0.39, 0.29) is 12.3 Å². The molecule has 0 aliphatic carbocycles. The maximum Gasteiger partial charge on any atom is 0.307 e. The summed E-state index contributed by atoms with van der Waals surface area (Å²) in [6.45, 7) is 1.92. The van der Waals surface area contributed by atoms with Crippen LogP contribution in [0.1, 0.15) is 24.0 Å². The molecule has 0 saturated heterocycles. The molecule has 0 aliphatic heterocycles. The first-order valence-electron chi connectivity index (χ1n) is 11.1. The molecule has 3 aromatic carbocycles. The van der Waals surface area contributed by atoms with Crippen LogP contribution < -0.4 is 0 Å². The lowest BCUT2D eigenvalue weighted by atomic mass is 10.0. The molecule has 0 spiro atoms. The summed E-state index contributed by atoms with van der Waals surface area (Å²) < 4.78 is 4.99. The third-order valence-electron chi connectivity index (χ3n) is 5.46. The van der Waals surface area contributed by atoms with Crippen LogP contribution >= 0.6 is 49.9 Å². The maximum atomic E-state index is 10.4. The minimum absolute atomic E-state index is 0.00991. The highest BCUT2D eigenvalue weighted by atomic mass is 79.9. The third kappa shape index (κ3) is 6.80. The number of fused-ring (bicyclic) bond motifs is 3. The summed E-state index contributed by atoms with van der Waals surface area (Å²) >= 11 is 8.60. The number of nitrogens with zero attached hydrogens (tertiary/aromatic N) is 1. The summed E-state index contributed by atoms with van der Waals surface area (Å²) in [5.74, 6) is -0.793. The molecule has 180 valence electrons. The molecule has 0 saturated carbocycles. The number of carboxylic acids is 1. The SMILES string of the molecule is Brc1ccc2sccc2c1.CC(C#N)c1ccc2sccc2c1.O=C(O)Cc1ccc2sccc2c1. The molecular formula is C29H22BrNO2S3. The van der Waals surface area contributed by atoms with Gasteiger partial charge in [0.25, 0.3) is 0 Å². The van der Waals surface area contributed by atoms with Gasteiger partial charge in [-0.15, -0.1) is 34.0 Å². The summed E-state index contributed by atoms with van der Waals surface area (Å²) in [6.07, 6.45) is 0.103. The molecular weight excluding hydrogens is 570 g/mol. The third-order valence-corrected chi connectivity index (χ3v) is 8.64. The quantitative estimate of drug-likeness (QED) is 0.223. The number of carbonyl (C=O) groups is 1. The topological polar surface area (TPSA) is 61.1 Å². The first kappa shape index (κ1) is 26.1. The normalized spacial score (nSPS) is 11.2. The Kier molecular flexibility index (Phi) is 8.89. The van der Waals surface area contributed by atoms with Crippen molar-refractivity contribution in [2.75, 3.05) is 0 Å². The number of halogens is 1. The van der Waals surface area contributed by atoms with Crippen molar-refractivity contribution in [3.63, 3.8) is 0 Å². The molecule has 1 N–H and O–H groups in total. The van der Waals surface area contributed by atoms with Gasteiger partial charge in [-0.2, -0.15) is 5.26 Å². The molecule has 6 aromatic rings. The monoisotopic (exact) mass is 591 g/mol. The van der Waals surface area contributed by atoms with Gasteiger partial charge in [0.2, 0.25) is 0 Å². The number of carboxylic acid groups (broad SMARTS) is 1. The molecule has 3 nitrogen and oxygen atoms in total. The zero-order valence-electron chi connectivity index (χ0n) is 19.4. The molecule has 1 atom stereocenters. The second-order valence-corrected chi connectivity index (χ2v) is 11.8. The Morgan fingerprint density at radius 2 is 1.36 bits per heavy atom. The Morgan fingerprint density at radius 3 is 1.94 bits per heavy atom. The standard InChI is InChI=1S/C11H9NS.C10H8O2S.C8H5BrS/c1-8(7-12)9-2-3-11-10(6-9)4-5-13-11;11-10(12)6-7-1-2-9-8(5-7)3-4-13-9;9-7-1-2-8-6(5-7)3-4-10-8/h2-6,8H,1H3;1-5H,6H2,(H,11,12);1-5H. The first-order valence-corrected chi connectivity index (χ1v) is 14.5. The summed E-state index contributed by atoms with van der Waals surface area (Å²) in [4.78, 5) is 10.4. The number of rotatable bonds is 3. The highest BCUT2D eigenvalue weighted by Crippen LogP contribution is 2.25. The molecule has 0 bridgehead atoms. The van der Waals surface area contributed by atoms with Crippen LogP contribution in [0.15, 0.2) is 93.4 Å². The van der Waals surface area contributed by atoms with Crippen LogP contribution in [-0.2, 0) is 11.2 Å². The average molecular weight is 593 g/mol. The van der Waals surface area contributed by atoms with E-state index in [0.29, 0.717) is 0 Å². The van der Waals surface area contributed by atoms with Crippen molar-refractivity contribution >= 4 is 86.2 Å². The van der Waals surface area contributed by atoms with Gasteiger partial charge in [0, 0.05) is 18.6 Å². The van der Waals surface area contributed by atoms with Crippen molar-refractivity contribution in [1.82, 2.24) is 0 Å². The molecule has 0 fully saturated rings. The van der Waals surface area contributed by atoms with E-state index in [1.54, 1.807) is 34.0 Å². The molecule has 6 rings (SSSR count). The zero-order chi connectivity index (χ0) is 25.5. The van der Waals surface area contributed by atoms with Crippen molar-refractivity contribution in [3.05, 3.63) is 105 Å². The molecule has 3 heterocycles. The van der Waals surface area contributed by atoms with Gasteiger partial charge in [-0.25, -0.2) is 0 Å². The summed E-state index contributed by atoms with van der Waals surface area (Å²) in [6, 6.07) is 26.8. The summed E-state index contributed by atoms with van der Waals surface area (Å²) in [5, 5.41) is 27.2. The van der Waals surface area contributed by atoms with E-state index in [9.17, 15) is 4.79 Å². The first-order chi connectivity index (χ1) is 17.4. The van der Waals surface area contributed by atoms with Gasteiger partial charge in [0.05, 0.1) is 18.4 Å². The fourth-order valence-electron chi connectivity index (χ4n) is 3.57. The number of aliphatic carboxylic acids is 1. The minimum atomic E-state index is -0.783.